The highest BCUT2D eigenvalue weighted by Gasteiger charge is 2.41. The van der Waals surface area contributed by atoms with Crippen LogP contribution in [0.2, 0.25) is 0 Å². The van der Waals surface area contributed by atoms with Gasteiger partial charge in [0.05, 0.1) is 17.8 Å². The summed E-state index contributed by atoms with van der Waals surface area (Å²) in [6, 6.07) is 24.6. The predicted octanol–water partition coefficient (Wildman–Crippen LogP) is 4.59. The van der Waals surface area contributed by atoms with Gasteiger partial charge in [-0.3, -0.25) is 14.4 Å². The first-order valence-corrected chi connectivity index (χ1v) is 12.7. The van der Waals surface area contributed by atoms with Gasteiger partial charge in [-0.1, -0.05) is 54.6 Å². The van der Waals surface area contributed by atoms with E-state index in [0.717, 1.165) is 24.8 Å². The zero-order valence-corrected chi connectivity index (χ0v) is 20.5. The van der Waals surface area contributed by atoms with Crippen LogP contribution >= 0.6 is 0 Å². The van der Waals surface area contributed by atoms with Crippen LogP contribution < -0.4 is 10.2 Å². The summed E-state index contributed by atoms with van der Waals surface area (Å²) in [4.78, 5) is 43.1. The van der Waals surface area contributed by atoms with E-state index >= 15 is 0 Å². The third kappa shape index (κ3) is 4.89. The first-order chi connectivity index (χ1) is 17.5. The molecule has 1 saturated heterocycles. The molecular weight excluding hydrogens is 450 g/mol. The highest BCUT2D eigenvalue weighted by atomic mass is 16.2. The molecule has 2 aliphatic heterocycles. The number of benzene rings is 3. The Balaban J connectivity index is 1.31. The van der Waals surface area contributed by atoms with E-state index < -0.39 is 6.04 Å². The molecule has 2 unspecified atom stereocenters. The minimum atomic E-state index is -0.429. The molecule has 2 atom stereocenters. The first-order valence-electron chi connectivity index (χ1n) is 12.7. The van der Waals surface area contributed by atoms with Gasteiger partial charge in [0.15, 0.2) is 0 Å². The fraction of sp³-hybridized carbons (Fsp3) is 0.300. The van der Waals surface area contributed by atoms with Gasteiger partial charge in [-0.2, -0.15) is 0 Å². The van der Waals surface area contributed by atoms with Crippen LogP contribution in [-0.4, -0.2) is 41.2 Å². The molecule has 0 bridgehead atoms. The maximum Gasteiger partial charge on any atom is 0.256 e. The van der Waals surface area contributed by atoms with Crippen molar-refractivity contribution in [3.8, 4) is 0 Å². The second kappa shape index (κ2) is 10.4. The molecule has 3 amide bonds. The summed E-state index contributed by atoms with van der Waals surface area (Å²) in [5.41, 5.74) is 3.85. The summed E-state index contributed by atoms with van der Waals surface area (Å²) in [6.07, 6.45) is 3.25. The number of nitrogens with zero attached hydrogens (tertiary/aromatic N) is 2. The van der Waals surface area contributed by atoms with E-state index in [9.17, 15) is 14.4 Å². The van der Waals surface area contributed by atoms with Gasteiger partial charge in [0.25, 0.3) is 11.8 Å². The van der Waals surface area contributed by atoms with Crippen molar-refractivity contribution >= 4 is 23.4 Å². The number of fused-ring (bicyclic) bond motifs is 2. The molecule has 3 aromatic rings. The van der Waals surface area contributed by atoms with Crippen LogP contribution in [0.5, 0.6) is 0 Å². The molecule has 0 saturated carbocycles. The maximum absolute atomic E-state index is 13.5. The van der Waals surface area contributed by atoms with Gasteiger partial charge in [-0.15, -0.1) is 0 Å². The number of rotatable bonds is 7. The number of aryl methyl sites for hydroxylation is 1. The van der Waals surface area contributed by atoms with Crippen molar-refractivity contribution in [1.29, 1.82) is 0 Å². The minimum absolute atomic E-state index is 0.0276. The Morgan fingerprint density at radius 1 is 0.972 bits per heavy atom. The summed E-state index contributed by atoms with van der Waals surface area (Å²) < 4.78 is 0. The number of nitrogens with one attached hydrogen (secondary N) is 1. The second-order valence-electron chi connectivity index (χ2n) is 9.70. The molecule has 3 aromatic carbocycles. The summed E-state index contributed by atoms with van der Waals surface area (Å²) in [5, 5.41) is 3.10. The average Bonchev–Trinajstić information content (AvgIpc) is 3.38. The lowest BCUT2D eigenvalue weighted by atomic mass is 10.0. The van der Waals surface area contributed by atoms with E-state index in [1.165, 1.54) is 5.56 Å². The van der Waals surface area contributed by atoms with Crippen molar-refractivity contribution in [2.75, 3.05) is 11.4 Å². The van der Waals surface area contributed by atoms with Crippen LogP contribution in [0.4, 0.5) is 5.69 Å². The number of amides is 3. The van der Waals surface area contributed by atoms with Crippen molar-refractivity contribution in [2.24, 2.45) is 0 Å². The first kappa shape index (κ1) is 23.8. The van der Waals surface area contributed by atoms with Crippen LogP contribution in [0.1, 0.15) is 58.0 Å². The number of carbonyl (C=O) groups is 3. The summed E-state index contributed by atoms with van der Waals surface area (Å²) >= 11 is 0. The van der Waals surface area contributed by atoms with Crippen molar-refractivity contribution in [3.05, 3.63) is 101 Å². The molecule has 0 aromatic heterocycles. The maximum atomic E-state index is 13.5. The van der Waals surface area contributed by atoms with E-state index in [4.69, 9.17) is 0 Å². The number of carbonyl (C=O) groups excluding carboxylic acids is 3. The molecule has 0 aliphatic carbocycles. The Labute approximate surface area is 211 Å². The van der Waals surface area contributed by atoms with Gasteiger partial charge in [0.2, 0.25) is 5.91 Å². The van der Waals surface area contributed by atoms with Gasteiger partial charge in [-0.25, -0.2) is 0 Å². The van der Waals surface area contributed by atoms with Crippen molar-refractivity contribution < 1.29 is 14.4 Å². The fourth-order valence-corrected chi connectivity index (χ4v) is 5.17. The van der Waals surface area contributed by atoms with Crippen molar-refractivity contribution in [2.45, 2.75) is 51.2 Å². The Hall–Kier alpha value is -3.93. The molecule has 36 heavy (non-hydrogen) atoms. The molecule has 1 fully saturated rings. The molecule has 0 spiro atoms. The van der Waals surface area contributed by atoms with Gasteiger partial charge in [-0.05, 0) is 68.0 Å². The summed E-state index contributed by atoms with van der Waals surface area (Å²) in [6.45, 7) is 2.93. The lowest BCUT2D eigenvalue weighted by Gasteiger charge is -2.26. The summed E-state index contributed by atoms with van der Waals surface area (Å²) in [7, 11) is 0. The molecule has 1 N–H and O–H groups in total. The van der Waals surface area contributed by atoms with Gasteiger partial charge >= 0.3 is 0 Å². The Kier molecular flexibility index (Phi) is 6.85. The topological polar surface area (TPSA) is 69.7 Å². The predicted molar refractivity (Wildman–Crippen MR) is 140 cm³/mol. The van der Waals surface area contributed by atoms with Crippen LogP contribution in [0.25, 0.3) is 0 Å². The lowest BCUT2D eigenvalue weighted by molar-refractivity contribution is -0.122. The highest BCUT2D eigenvalue weighted by molar-refractivity contribution is 6.11. The number of anilines is 1. The Morgan fingerprint density at radius 3 is 2.56 bits per heavy atom. The van der Waals surface area contributed by atoms with Crippen molar-refractivity contribution in [3.63, 3.8) is 0 Å². The largest absolute Gasteiger partial charge is 0.350 e. The van der Waals surface area contributed by atoms with E-state index in [2.05, 4.69) is 17.4 Å². The fourth-order valence-electron chi connectivity index (χ4n) is 5.17. The van der Waals surface area contributed by atoms with Gasteiger partial charge < -0.3 is 15.1 Å². The summed E-state index contributed by atoms with van der Waals surface area (Å²) in [5.74, 6) is -0.270. The Morgan fingerprint density at radius 2 is 1.72 bits per heavy atom. The van der Waals surface area contributed by atoms with E-state index in [-0.39, 0.29) is 23.8 Å². The van der Waals surface area contributed by atoms with Crippen LogP contribution in [0.15, 0.2) is 78.9 Å². The van der Waals surface area contributed by atoms with Crippen LogP contribution in [0, 0.1) is 0 Å². The molecule has 6 nitrogen and oxygen atoms in total. The molecule has 5 rings (SSSR count). The van der Waals surface area contributed by atoms with Gasteiger partial charge in [0, 0.05) is 18.2 Å². The zero-order chi connectivity index (χ0) is 25.1. The second-order valence-corrected chi connectivity index (χ2v) is 9.70. The van der Waals surface area contributed by atoms with E-state index in [1.54, 1.807) is 21.9 Å². The quantitative estimate of drug-likeness (QED) is 0.537. The van der Waals surface area contributed by atoms with Crippen LogP contribution in [-0.2, 0) is 17.8 Å². The minimum Gasteiger partial charge on any atom is -0.350 e. The molecular formula is C30H31N3O3. The highest BCUT2D eigenvalue weighted by Crippen LogP contribution is 2.33. The van der Waals surface area contributed by atoms with Crippen molar-refractivity contribution in [1.82, 2.24) is 10.2 Å². The monoisotopic (exact) mass is 481 g/mol. The SMILES string of the molecule is CC(CCc1ccccc1)NC(=O)c1cccc(CN2C(=O)C3CCCN3C(=O)c3ccccc32)c1. The lowest BCUT2D eigenvalue weighted by Crippen LogP contribution is -2.44. The standard InChI is InChI=1S/C30H31N3O3/c1-21(16-17-22-9-3-2-4-10-22)31-28(34)24-12-7-11-23(19-24)20-33-26-14-6-5-13-25(26)29(35)32-18-8-15-27(32)30(33)36/h2-7,9-14,19,21,27H,8,15-18,20H2,1H3,(H,31,34). The normalized spacial score (nSPS) is 17.9. The molecule has 2 heterocycles. The van der Waals surface area contributed by atoms with Crippen LogP contribution in [0.3, 0.4) is 0 Å². The third-order valence-corrected chi connectivity index (χ3v) is 7.11. The van der Waals surface area contributed by atoms with Gasteiger partial charge in [0.1, 0.15) is 6.04 Å². The number of hydrogen-bond donors (Lipinski definition) is 1. The van der Waals surface area contributed by atoms with E-state index in [1.807, 2.05) is 61.5 Å². The van der Waals surface area contributed by atoms with E-state index in [0.29, 0.717) is 36.3 Å². The average molecular weight is 482 g/mol. The number of hydrogen-bond acceptors (Lipinski definition) is 3. The smallest absolute Gasteiger partial charge is 0.256 e. The molecule has 6 heteroatoms. The molecule has 184 valence electrons. The molecule has 0 radical (unpaired) electrons. The zero-order valence-electron chi connectivity index (χ0n) is 20.5. The Bertz CT molecular complexity index is 1270. The third-order valence-electron chi connectivity index (χ3n) is 7.11. The number of para-hydroxylation sites is 1. The molecule has 2 aliphatic rings.